The van der Waals surface area contributed by atoms with Crippen molar-refractivity contribution in [3.05, 3.63) is 65.5 Å². The smallest absolute Gasteiger partial charge is 0.249 e. The maximum Gasteiger partial charge on any atom is 0.249 e. The largest absolute Gasteiger partial charge is 0.497 e. The fourth-order valence-electron chi connectivity index (χ4n) is 3.85. The molecule has 27 heavy (non-hydrogen) atoms. The molecule has 2 atom stereocenters. The molecule has 2 aromatic carbocycles. The van der Waals surface area contributed by atoms with Crippen LogP contribution < -0.4 is 4.74 Å². The van der Waals surface area contributed by atoms with Crippen LogP contribution in [0.3, 0.4) is 0 Å². The topological polar surface area (TPSA) is 42.0 Å². The number of hydrogen-bond donors (Lipinski definition) is 0. The zero-order valence-electron chi connectivity index (χ0n) is 15.3. The van der Waals surface area contributed by atoms with Gasteiger partial charge in [0.25, 0.3) is 0 Å². The molecule has 0 aromatic heterocycles. The lowest BCUT2D eigenvalue weighted by Gasteiger charge is -2.36. The standard InChI is InChI=1S/C21H23FN2O3/c1-26-18-8-4-15(5-9-18)10-23-12-19-20(13-23)27-14-21(25)24(19)11-16-2-6-17(22)7-3-16/h2-9,19-20H,10-14H2,1H3. The van der Waals surface area contributed by atoms with Gasteiger partial charge in [-0.05, 0) is 35.4 Å². The van der Waals surface area contributed by atoms with E-state index >= 15 is 0 Å². The van der Waals surface area contributed by atoms with E-state index in [1.165, 1.54) is 17.7 Å². The predicted molar refractivity (Wildman–Crippen MR) is 98.7 cm³/mol. The van der Waals surface area contributed by atoms with E-state index in [0.717, 1.165) is 30.9 Å². The first-order chi connectivity index (χ1) is 13.1. The molecule has 0 aliphatic carbocycles. The molecule has 2 saturated heterocycles. The average Bonchev–Trinajstić information content (AvgIpc) is 3.09. The fraction of sp³-hybridized carbons (Fsp3) is 0.381. The highest BCUT2D eigenvalue weighted by Gasteiger charge is 2.42. The maximum atomic E-state index is 13.1. The molecule has 1 amide bonds. The number of rotatable bonds is 5. The molecule has 2 aliphatic heterocycles. The Labute approximate surface area is 158 Å². The molecule has 2 aliphatic rings. The number of methoxy groups -OCH3 is 1. The molecule has 142 valence electrons. The van der Waals surface area contributed by atoms with Crippen LogP contribution in [0, 0.1) is 5.82 Å². The number of hydrogen-bond acceptors (Lipinski definition) is 4. The SMILES string of the molecule is COc1ccc(CN2CC3OCC(=O)N(Cc4ccc(F)cc4)C3C2)cc1. The number of nitrogens with zero attached hydrogens (tertiary/aromatic N) is 2. The Hall–Kier alpha value is -2.44. The van der Waals surface area contributed by atoms with Gasteiger partial charge < -0.3 is 14.4 Å². The Morgan fingerprint density at radius 1 is 1.04 bits per heavy atom. The Bertz CT molecular complexity index is 794. The normalized spacial score (nSPS) is 22.7. The molecule has 6 heteroatoms. The van der Waals surface area contributed by atoms with Crippen LogP contribution in [0.1, 0.15) is 11.1 Å². The number of carbonyl (C=O) groups is 1. The van der Waals surface area contributed by atoms with Gasteiger partial charge in [-0.25, -0.2) is 4.39 Å². The summed E-state index contributed by atoms with van der Waals surface area (Å²) in [6, 6.07) is 14.4. The molecule has 0 saturated carbocycles. The van der Waals surface area contributed by atoms with Gasteiger partial charge in [0.05, 0.1) is 19.3 Å². The van der Waals surface area contributed by atoms with E-state index in [4.69, 9.17) is 9.47 Å². The second-order valence-corrected chi connectivity index (χ2v) is 7.11. The minimum atomic E-state index is -0.267. The van der Waals surface area contributed by atoms with Crippen LogP contribution in [0.25, 0.3) is 0 Å². The molecule has 5 nitrogen and oxygen atoms in total. The Kier molecular flexibility index (Phi) is 5.09. The van der Waals surface area contributed by atoms with E-state index in [1.807, 2.05) is 17.0 Å². The lowest BCUT2D eigenvalue weighted by atomic mass is 10.1. The lowest BCUT2D eigenvalue weighted by Crippen LogP contribution is -2.53. The number of fused-ring (bicyclic) bond motifs is 1. The zero-order valence-corrected chi connectivity index (χ0v) is 15.3. The monoisotopic (exact) mass is 370 g/mol. The van der Waals surface area contributed by atoms with Gasteiger partial charge in [0.15, 0.2) is 0 Å². The quantitative estimate of drug-likeness (QED) is 0.811. The third-order valence-corrected chi connectivity index (χ3v) is 5.29. The summed E-state index contributed by atoms with van der Waals surface area (Å²) >= 11 is 0. The molecule has 0 bridgehead atoms. The van der Waals surface area contributed by atoms with Gasteiger partial charge in [-0.3, -0.25) is 9.69 Å². The van der Waals surface area contributed by atoms with Crippen LogP contribution in [0.15, 0.2) is 48.5 Å². The van der Waals surface area contributed by atoms with Crippen molar-refractivity contribution < 1.29 is 18.7 Å². The van der Waals surface area contributed by atoms with E-state index in [-0.39, 0.29) is 30.5 Å². The van der Waals surface area contributed by atoms with Crippen LogP contribution >= 0.6 is 0 Å². The van der Waals surface area contributed by atoms with Gasteiger partial charge in [0, 0.05) is 26.2 Å². The molecule has 2 aromatic rings. The minimum Gasteiger partial charge on any atom is -0.497 e. The number of amides is 1. The van der Waals surface area contributed by atoms with E-state index < -0.39 is 0 Å². The summed E-state index contributed by atoms with van der Waals surface area (Å²) in [4.78, 5) is 16.6. The molecule has 0 N–H and O–H groups in total. The number of morpholine rings is 1. The lowest BCUT2D eigenvalue weighted by molar-refractivity contribution is -0.153. The summed E-state index contributed by atoms with van der Waals surface area (Å²) in [7, 11) is 1.66. The highest BCUT2D eigenvalue weighted by Crippen LogP contribution is 2.26. The van der Waals surface area contributed by atoms with Crippen molar-refractivity contribution >= 4 is 5.91 Å². The third-order valence-electron chi connectivity index (χ3n) is 5.29. The van der Waals surface area contributed by atoms with Crippen LogP contribution in [0.4, 0.5) is 4.39 Å². The zero-order chi connectivity index (χ0) is 18.8. The molecular formula is C21H23FN2O3. The van der Waals surface area contributed by atoms with Crippen molar-refractivity contribution in [2.45, 2.75) is 25.2 Å². The van der Waals surface area contributed by atoms with Crippen LogP contribution in [0.5, 0.6) is 5.75 Å². The van der Waals surface area contributed by atoms with E-state index in [0.29, 0.717) is 6.54 Å². The van der Waals surface area contributed by atoms with Crippen molar-refractivity contribution in [1.29, 1.82) is 0 Å². The Balaban J connectivity index is 1.44. The highest BCUT2D eigenvalue weighted by atomic mass is 19.1. The van der Waals surface area contributed by atoms with Crippen LogP contribution in [-0.2, 0) is 22.6 Å². The first-order valence-corrected chi connectivity index (χ1v) is 9.13. The average molecular weight is 370 g/mol. The van der Waals surface area contributed by atoms with E-state index in [1.54, 1.807) is 19.2 Å². The molecular weight excluding hydrogens is 347 g/mol. The van der Waals surface area contributed by atoms with Crippen molar-refractivity contribution in [1.82, 2.24) is 9.80 Å². The van der Waals surface area contributed by atoms with Crippen molar-refractivity contribution in [3.63, 3.8) is 0 Å². The maximum absolute atomic E-state index is 13.1. The number of ether oxygens (including phenoxy) is 2. The fourth-order valence-corrected chi connectivity index (χ4v) is 3.85. The van der Waals surface area contributed by atoms with E-state index in [2.05, 4.69) is 17.0 Å². The van der Waals surface area contributed by atoms with Crippen molar-refractivity contribution in [2.75, 3.05) is 26.8 Å². The molecule has 0 spiro atoms. The summed E-state index contributed by atoms with van der Waals surface area (Å²) in [6.07, 6.45) is 0.0152. The van der Waals surface area contributed by atoms with Gasteiger partial charge in [0.1, 0.15) is 18.2 Å². The summed E-state index contributed by atoms with van der Waals surface area (Å²) in [5, 5.41) is 0. The summed E-state index contributed by atoms with van der Waals surface area (Å²) in [5.41, 5.74) is 2.13. The molecule has 2 unspecified atom stereocenters. The number of likely N-dealkylation sites (tertiary alicyclic amines) is 1. The molecule has 4 rings (SSSR count). The summed E-state index contributed by atoms with van der Waals surface area (Å²) in [5.74, 6) is 0.566. The van der Waals surface area contributed by atoms with Gasteiger partial charge in [0.2, 0.25) is 5.91 Å². The van der Waals surface area contributed by atoms with E-state index in [9.17, 15) is 9.18 Å². The molecule has 2 fully saturated rings. The van der Waals surface area contributed by atoms with Crippen LogP contribution in [0.2, 0.25) is 0 Å². The second kappa shape index (κ2) is 7.66. The Morgan fingerprint density at radius 3 is 2.41 bits per heavy atom. The minimum absolute atomic E-state index is 0.00753. The first kappa shape index (κ1) is 17.9. The second-order valence-electron chi connectivity index (χ2n) is 7.11. The summed E-state index contributed by atoms with van der Waals surface area (Å²) in [6.45, 7) is 2.96. The first-order valence-electron chi connectivity index (χ1n) is 9.13. The summed E-state index contributed by atoms with van der Waals surface area (Å²) < 4.78 is 24.1. The molecule has 2 heterocycles. The predicted octanol–water partition coefficient (Wildman–Crippen LogP) is 2.45. The van der Waals surface area contributed by atoms with Crippen molar-refractivity contribution in [2.24, 2.45) is 0 Å². The number of benzene rings is 2. The van der Waals surface area contributed by atoms with Crippen molar-refractivity contribution in [3.8, 4) is 5.75 Å². The number of carbonyl (C=O) groups excluding carboxylic acids is 1. The van der Waals surface area contributed by atoms with Gasteiger partial charge in [-0.2, -0.15) is 0 Å². The number of halogens is 1. The van der Waals surface area contributed by atoms with Gasteiger partial charge in [-0.1, -0.05) is 24.3 Å². The van der Waals surface area contributed by atoms with Gasteiger partial charge >= 0.3 is 0 Å². The Morgan fingerprint density at radius 2 is 1.70 bits per heavy atom. The van der Waals surface area contributed by atoms with Gasteiger partial charge in [-0.15, -0.1) is 0 Å². The highest BCUT2D eigenvalue weighted by molar-refractivity contribution is 5.78. The van der Waals surface area contributed by atoms with Crippen LogP contribution in [-0.4, -0.2) is 54.7 Å². The third kappa shape index (κ3) is 3.96. The molecule has 0 radical (unpaired) electrons.